The number of nitrogens with two attached hydrogens (primary N) is 2. The Balaban J connectivity index is 1.52. The molecule has 0 spiro atoms. The van der Waals surface area contributed by atoms with Crippen LogP contribution in [-0.4, -0.2) is 27.1 Å². The molecule has 1 fully saturated rings. The van der Waals surface area contributed by atoms with Crippen LogP contribution in [0, 0.1) is 0 Å². The standard InChI is InChI=1S/C23H22N6O2/c24-10-17(14-30)16-4-7-20(26-11-16)29-21(31)23(8-1-9-23)19-5-2-15(3-6-19)18-12-27-22(25)28-13-18/h2-7,10-14H,1,8-9,24H2,(H2,25,27,28)(H,26,29,31)/b17-10+. The Morgan fingerprint density at radius 1 is 0.968 bits per heavy atom. The summed E-state index contributed by atoms with van der Waals surface area (Å²) in [6.07, 6.45) is 9.28. The summed E-state index contributed by atoms with van der Waals surface area (Å²) in [5.74, 6) is 0.569. The molecule has 0 bridgehead atoms. The summed E-state index contributed by atoms with van der Waals surface area (Å²) in [7, 11) is 0. The van der Waals surface area contributed by atoms with Gasteiger partial charge in [0.25, 0.3) is 0 Å². The van der Waals surface area contributed by atoms with E-state index in [0.29, 0.717) is 23.2 Å². The van der Waals surface area contributed by atoms with Crippen molar-refractivity contribution in [3.8, 4) is 11.1 Å². The van der Waals surface area contributed by atoms with Crippen molar-refractivity contribution in [2.24, 2.45) is 5.73 Å². The van der Waals surface area contributed by atoms with E-state index in [9.17, 15) is 9.59 Å². The number of amides is 1. The van der Waals surface area contributed by atoms with Crippen LogP contribution in [0.15, 0.2) is 61.2 Å². The number of aromatic nitrogens is 3. The number of carbonyl (C=O) groups is 2. The number of hydrogen-bond donors (Lipinski definition) is 3. The van der Waals surface area contributed by atoms with E-state index < -0.39 is 5.41 Å². The molecule has 1 aromatic carbocycles. The fraction of sp³-hybridized carbons (Fsp3) is 0.174. The van der Waals surface area contributed by atoms with Crippen molar-refractivity contribution >= 4 is 29.5 Å². The number of aldehydes is 1. The first-order valence-electron chi connectivity index (χ1n) is 9.89. The molecule has 156 valence electrons. The fourth-order valence-corrected chi connectivity index (χ4v) is 3.72. The van der Waals surface area contributed by atoms with E-state index in [1.807, 2.05) is 24.3 Å². The highest BCUT2D eigenvalue weighted by molar-refractivity contribution is 6.06. The Morgan fingerprint density at radius 2 is 1.68 bits per heavy atom. The van der Waals surface area contributed by atoms with Crippen molar-refractivity contribution in [1.82, 2.24) is 15.0 Å². The summed E-state index contributed by atoms with van der Waals surface area (Å²) in [6, 6.07) is 11.2. The first-order chi connectivity index (χ1) is 15.1. The monoisotopic (exact) mass is 414 g/mol. The SMILES string of the molecule is N/C=C(\C=O)c1ccc(NC(=O)C2(c3ccc(-c4cnc(N)nc4)cc3)CCC2)nc1. The van der Waals surface area contributed by atoms with Crippen LogP contribution in [0.5, 0.6) is 0 Å². The van der Waals surface area contributed by atoms with Crippen molar-refractivity contribution in [3.63, 3.8) is 0 Å². The fourth-order valence-electron chi connectivity index (χ4n) is 3.72. The van der Waals surface area contributed by atoms with Gasteiger partial charge in [0.2, 0.25) is 11.9 Å². The van der Waals surface area contributed by atoms with E-state index >= 15 is 0 Å². The van der Waals surface area contributed by atoms with E-state index in [1.54, 1.807) is 24.5 Å². The Hall–Kier alpha value is -4.07. The number of pyridine rings is 1. The van der Waals surface area contributed by atoms with E-state index in [-0.39, 0.29) is 11.9 Å². The van der Waals surface area contributed by atoms with Crippen LogP contribution in [0.4, 0.5) is 11.8 Å². The molecule has 1 saturated carbocycles. The molecular formula is C23H22N6O2. The molecule has 0 unspecified atom stereocenters. The minimum absolute atomic E-state index is 0.0902. The second-order valence-corrected chi connectivity index (χ2v) is 7.47. The molecule has 2 heterocycles. The quantitative estimate of drug-likeness (QED) is 0.416. The smallest absolute Gasteiger partial charge is 0.236 e. The Morgan fingerprint density at radius 3 is 2.19 bits per heavy atom. The van der Waals surface area contributed by atoms with Crippen LogP contribution in [0.3, 0.4) is 0 Å². The molecular weight excluding hydrogens is 392 g/mol. The molecule has 1 aliphatic rings. The van der Waals surface area contributed by atoms with Crippen LogP contribution >= 0.6 is 0 Å². The van der Waals surface area contributed by atoms with Crippen LogP contribution < -0.4 is 16.8 Å². The number of allylic oxidation sites excluding steroid dienone is 1. The number of benzene rings is 1. The van der Waals surface area contributed by atoms with Gasteiger partial charge in [0.15, 0.2) is 6.29 Å². The van der Waals surface area contributed by atoms with Crippen LogP contribution in [0.2, 0.25) is 0 Å². The van der Waals surface area contributed by atoms with Gasteiger partial charge in [-0.1, -0.05) is 30.7 Å². The number of carbonyl (C=O) groups excluding carboxylic acids is 2. The number of anilines is 2. The number of hydrogen-bond acceptors (Lipinski definition) is 7. The van der Waals surface area contributed by atoms with Gasteiger partial charge in [-0.3, -0.25) is 9.59 Å². The van der Waals surface area contributed by atoms with Gasteiger partial charge in [-0.15, -0.1) is 0 Å². The van der Waals surface area contributed by atoms with Gasteiger partial charge in [0.1, 0.15) is 5.82 Å². The molecule has 4 rings (SSSR count). The Labute approximate surface area is 179 Å². The maximum Gasteiger partial charge on any atom is 0.236 e. The lowest BCUT2D eigenvalue weighted by Gasteiger charge is -2.40. The lowest BCUT2D eigenvalue weighted by molar-refractivity contribution is -0.124. The van der Waals surface area contributed by atoms with Gasteiger partial charge in [-0.2, -0.15) is 0 Å². The zero-order valence-corrected chi connectivity index (χ0v) is 16.8. The van der Waals surface area contributed by atoms with Gasteiger partial charge in [0.05, 0.1) is 5.41 Å². The zero-order valence-electron chi connectivity index (χ0n) is 16.8. The predicted octanol–water partition coefficient (Wildman–Crippen LogP) is 2.68. The summed E-state index contributed by atoms with van der Waals surface area (Å²) in [5, 5.41) is 2.91. The average molecular weight is 414 g/mol. The Bertz CT molecular complexity index is 1120. The van der Waals surface area contributed by atoms with Crippen LogP contribution in [-0.2, 0) is 15.0 Å². The van der Waals surface area contributed by atoms with Crippen LogP contribution in [0.25, 0.3) is 16.7 Å². The summed E-state index contributed by atoms with van der Waals surface area (Å²) in [6.45, 7) is 0. The van der Waals surface area contributed by atoms with E-state index in [1.165, 1.54) is 12.4 Å². The van der Waals surface area contributed by atoms with Gasteiger partial charge >= 0.3 is 0 Å². The minimum Gasteiger partial charge on any atom is -0.404 e. The maximum atomic E-state index is 13.2. The molecule has 0 aliphatic heterocycles. The average Bonchev–Trinajstić information content (AvgIpc) is 2.76. The third-order valence-corrected chi connectivity index (χ3v) is 5.73. The highest BCUT2D eigenvalue weighted by atomic mass is 16.2. The number of nitrogens with zero attached hydrogens (tertiary/aromatic N) is 3. The van der Waals surface area contributed by atoms with Gasteiger partial charge in [0, 0.05) is 41.5 Å². The number of rotatable bonds is 6. The van der Waals surface area contributed by atoms with Crippen LogP contribution in [0.1, 0.15) is 30.4 Å². The van der Waals surface area contributed by atoms with E-state index in [2.05, 4.69) is 20.3 Å². The molecule has 1 aliphatic carbocycles. The lowest BCUT2D eigenvalue weighted by atomic mass is 9.63. The van der Waals surface area contributed by atoms with Crippen molar-refractivity contribution in [2.45, 2.75) is 24.7 Å². The summed E-state index contributed by atoms with van der Waals surface area (Å²) in [5.41, 5.74) is 14.1. The second-order valence-electron chi connectivity index (χ2n) is 7.47. The topological polar surface area (TPSA) is 137 Å². The molecule has 0 saturated heterocycles. The first kappa shape index (κ1) is 20.2. The highest BCUT2D eigenvalue weighted by Gasteiger charge is 2.45. The van der Waals surface area contributed by atoms with Gasteiger partial charge in [-0.25, -0.2) is 15.0 Å². The second kappa shape index (κ2) is 8.35. The van der Waals surface area contributed by atoms with Crippen molar-refractivity contribution in [2.75, 3.05) is 11.1 Å². The lowest BCUT2D eigenvalue weighted by Crippen LogP contribution is -2.46. The van der Waals surface area contributed by atoms with E-state index in [4.69, 9.17) is 11.5 Å². The first-order valence-corrected chi connectivity index (χ1v) is 9.89. The van der Waals surface area contributed by atoms with Crippen molar-refractivity contribution < 1.29 is 9.59 Å². The Kier molecular flexibility index (Phi) is 5.44. The normalized spacial score (nSPS) is 15.0. The van der Waals surface area contributed by atoms with Crippen molar-refractivity contribution in [1.29, 1.82) is 0 Å². The molecule has 2 aromatic heterocycles. The largest absolute Gasteiger partial charge is 0.404 e. The molecule has 0 atom stereocenters. The van der Waals surface area contributed by atoms with Gasteiger partial charge in [-0.05, 0) is 36.1 Å². The molecule has 8 heteroatoms. The number of nitrogens with one attached hydrogen (secondary N) is 1. The predicted molar refractivity (Wildman–Crippen MR) is 119 cm³/mol. The summed E-state index contributed by atoms with van der Waals surface area (Å²) in [4.78, 5) is 36.5. The highest BCUT2D eigenvalue weighted by Crippen LogP contribution is 2.45. The van der Waals surface area contributed by atoms with E-state index in [0.717, 1.165) is 36.0 Å². The van der Waals surface area contributed by atoms with Gasteiger partial charge < -0.3 is 16.8 Å². The molecule has 0 radical (unpaired) electrons. The third-order valence-electron chi connectivity index (χ3n) is 5.73. The summed E-state index contributed by atoms with van der Waals surface area (Å²) >= 11 is 0. The molecule has 31 heavy (non-hydrogen) atoms. The van der Waals surface area contributed by atoms with Crippen molar-refractivity contribution in [3.05, 3.63) is 72.3 Å². The maximum absolute atomic E-state index is 13.2. The molecule has 5 N–H and O–H groups in total. The summed E-state index contributed by atoms with van der Waals surface area (Å²) < 4.78 is 0. The molecule has 3 aromatic rings. The molecule has 8 nitrogen and oxygen atoms in total. The number of nitrogen functional groups attached to an aromatic ring is 1. The minimum atomic E-state index is -0.582. The zero-order chi connectivity index (χ0) is 21.8. The molecule has 1 amide bonds. The third kappa shape index (κ3) is 3.87.